The summed E-state index contributed by atoms with van der Waals surface area (Å²) in [5, 5.41) is 10.3. The van der Waals surface area contributed by atoms with Gasteiger partial charge in [0, 0.05) is 32.7 Å². The average Bonchev–Trinajstić information content (AvgIpc) is 2.78. The molecule has 1 saturated heterocycles. The van der Waals surface area contributed by atoms with Crippen molar-refractivity contribution in [3.63, 3.8) is 0 Å². The summed E-state index contributed by atoms with van der Waals surface area (Å²) in [6.45, 7) is 4.24. The van der Waals surface area contributed by atoms with Crippen LogP contribution >= 0.6 is 0 Å². The third kappa shape index (κ3) is 5.62. The Morgan fingerprint density at radius 1 is 1.03 bits per heavy atom. The fraction of sp³-hybridized carbons (Fsp3) is 0.409. The molecule has 0 bridgehead atoms. The molecule has 2 aromatic rings. The lowest BCUT2D eigenvalue weighted by atomic mass is 10.2. The van der Waals surface area contributed by atoms with Gasteiger partial charge in [0.1, 0.15) is 24.2 Å². The number of aliphatic hydroxyl groups excluding tert-OH is 1. The molecule has 3 rings (SSSR count). The summed E-state index contributed by atoms with van der Waals surface area (Å²) >= 11 is 0. The van der Waals surface area contributed by atoms with Crippen molar-refractivity contribution < 1.29 is 24.1 Å². The second-order valence-corrected chi connectivity index (χ2v) is 6.94. The van der Waals surface area contributed by atoms with Crippen LogP contribution in [-0.2, 0) is 4.74 Å². The van der Waals surface area contributed by atoms with E-state index in [1.54, 1.807) is 31.4 Å². The number of para-hydroxylation sites is 2. The molecular formula is C22H28N2O5. The number of piperazine rings is 1. The maximum atomic E-state index is 11.4. The highest BCUT2D eigenvalue weighted by Crippen LogP contribution is 2.28. The van der Waals surface area contributed by atoms with E-state index in [1.165, 1.54) is 7.11 Å². The first-order valence-corrected chi connectivity index (χ1v) is 9.70. The van der Waals surface area contributed by atoms with E-state index in [0.29, 0.717) is 17.9 Å². The Labute approximate surface area is 171 Å². The molecule has 0 unspecified atom stereocenters. The average molecular weight is 400 g/mol. The summed E-state index contributed by atoms with van der Waals surface area (Å²) in [7, 11) is 3.04. The maximum Gasteiger partial charge on any atom is 0.337 e. The number of anilines is 1. The lowest BCUT2D eigenvalue weighted by molar-refractivity contribution is 0.0599. The molecule has 0 aromatic heterocycles. The van der Waals surface area contributed by atoms with Crippen LogP contribution in [0.3, 0.4) is 0 Å². The lowest BCUT2D eigenvalue weighted by Gasteiger charge is -2.37. The van der Waals surface area contributed by atoms with Crippen LogP contribution in [0.15, 0.2) is 48.5 Å². The highest BCUT2D eigenvalue weighted by molar-refractivity contribution is 5.89. The molecule has 1 fully saturated rings. The first kappa shape index (κ1) is 21.0. The topological polar surface area (TPSA) is 71.5 Å². The van der Waals surface area contributed by atoms with Gasteiger partial charge in [-0.15, -0.1) is 0 Å². The predicted octanol–water partition coefficient (Wildman–Crippen LogP) is 2.04. The van der Waals surface area contributed by atoms with Gasteiger partial charge >= 0.3 is 5.97 Å². The minimum absolute atomic E-state index is 0.199. The number of ether oxygens (including phenoxy) is 3. The normalized spacial score (nSPS) is 15.6. The van der Waals surface area contributed by atoms with Crippen LogP contribution in [0.25, 0.3) is 0 Å². The van der Waals surface area contributed by atoms with Crippen LogP contribution in [0.4, 0.5) is 5.69 Å². The minimum Gasteiger partial charge on any atom is -0.495 e. The van der Waals surface area contributed by atoms with Crippen LogP contribution in [0, 0.1) is 0 Å². The van der Waals surface area contributed by atoms with E-state index >= 15 is 0 Å². The summed E-state index contributed by atoms with van der Waals surface area (Å²) in [6.07, 6.45) is -0.590. The molecule has 2 aromatic carbocycles. The van der Waals surface area contributed by atoms with E-state index < -0.39 is 6.10 Å². The quantitative estimate of drug-likeness (QED) is 0.680. The molecule has 7 nitrogen and oxygen atoms in total. The Morgan fingerprint density at radius 2 is 1.72 bits per heavy atom. The molecule has 1 heterocycles. The second kappa shape index (κ2) is 10.1. The number of benzene rings is 2. The van der Waals surface area contributed by atoms with Gasteiger partial charge in [-0.05, 0) is 36.4 Å². The molecule has 29 heavy (non-hydrogen) atoms. The highest BCUT2D eigenvalue weighted by Gasteiger charge is 2.21. The Morgan fingerprint density at radius 3 is 2.38 bits per heavy atom. The van der Waals surface area contributed by atoms with Crippen molar-refractivity contribution >= 4 is 11.7 Å². The van der Waals surface area contributed by atoms with Crippen LogP contribution in [0.5, 0.6) is 11.5 Å². The minimum atomic E-state index is -0.590. The summed E-state index contributed by atoms with van der Waals surface area (Å²) < 4.78 is 15.8. The number of methoxy groups -OCH3 is 2. The van der Waals surface area contributed by atoms with E-state index in [1.807, 2.05) is 18.2 Å². The third-order valence-corrected chi connectivity index (χ3v) is 4.98. The number of carbonyl (C=O) groups excluding carboxylic acids is 1. The predicted molar refractivity (Wildman–Crippen MR) is 111 cm³/mol. The van der Waals surface area contributed by atoms with Gasteiger partial charge in [0.25, 0.3) is 0 Å². The number of hydrogen-bond donors (Lipinski definition) is 1. The molecule has 0 spiro atoms. The molecule has 0 aliphatic carbocycles. The van der Waals surface area contributed by atoms with E-state index in [-0.39, 0.29) is 12.6 Å². The zero-order valence-corrected chi connectivity index (χ0v) is 16.9. The van der Waals surface area contributed by atoms with Gasteiger partial charge in [-0.1, -0.05) is 12.1 Å². The van der Waals surface area contributed by atoms with Gasteiger partial charge < -0.3 is 24.2 Å². The SMILES string of the molecule is COC(=O)c1ccc(OC[C@@H](O)CN2CCN(c3ccccc3OC)CC2)cc1. The Kier molecular flexibility index (Phi) is 7.32. The largest absolute Gasteiger partial charge is 0.495 e. The summed E-state index contributed by atoms with van der Waals surface area (Å²) in [4.78, 5) is 16.0. The first-order valence-electron chi connectivity index (χ1n) is 9.70. The standard InChI is InChI=1S/C22H28N2O5/c1-27-21-6-4-3-5-20(21)24-13-11-23(12-14-24)15-18(25)16-29-19-9-7-17(8-10-19)22(26)28-2/h3-10,18,25H,11-16H2,1-2H3/t18-/m0/s1. The Bertz CT molecular complexity index is 788. The van der Waals surface area contributed by atoms with Crippen molar-refractivity contribution in [2.75, 3.05) is 58.5 Å². The number of rotatable bonds is 8. The Hall–Kier alpha value is -2.77. The van der Waals surface area contributed by atoms with Crippen LogP contribution in [0.1, 0.15) is 10.4 Å². The fourth-order valence-electron chi connectivity index (χ4n) is 3.41. The van der Waals surface area contributed by atoms with Crippen molar-refractivity contribution in [2.45, 2.75) is 6.10 Å². The molecule has 156 valence electrons. The van der Waals surface area contributed by atoms with Crippen LogP contribution < -0.4 is 14.4 Å². The monoisotopic (exact) mass is 400 g/mol. The van der Waals surface area contributed by atoms with Crippen molar-refractivity contribution in [3.8, 4) is 11.5 Å². The number of β-amino-alcohol motifs (C(OH)–C–C–N with tert-alkyl or cyclic N) is 1. The molecule has 0 amide bonds. The van der Waals surface area contributed by atoms with E-state index in [0.717, 1.165) is 37.6 Å². The van der Waals surface area contributed by atoms with Gasteiger partial charge in [0.05, 0.1) is 25.5 Å². The van der Waals surface area contributed by atoms with E-state index in [2.05, 4.69) is 20.6 Å². The van der Waals surface area contributed by atoms with Crippen LogP contribution in [-0.4, -0.2) is 75.6 Å². The van der Waals surface area contributed by atoms with Crippen molar-refractivity contribution in [2.24, 2.45) is 0 Å². The fourth-order valence-corrected chi connectivity index (χ4v) is 3.41. The molecule has 7 heteroatoms. The Balaban J connectivity index is 1.43. The van der Waals surface area contributed by atoms with Crippen molar-refractivity contribution in [1.29, 1.82) is 0 Å². The lowest BCUT2D eigenvalue weighted by Crippen LogP contribution is -2.49. The number of nitrogens with zero attached hydrogens (tertiary/aromatic N) is 2. The van der Waals surface area contributed by atoms with Crippen LogP contribution in [0.2, 0.25) is 0 Å². The summed E-state index contributed by atoms with van der Waals surface area (Å²) in [5.41, 5.74) is 1.57. The van der Waals surface area contributed by atoms with E-state index in [9.17, 15) is 9.90 Å². The first-order chi connectivity index (χ1) is 14.1. The number of esters is 1. The molecular weight excluding hydrogens is 372 g/mol. The molecule has 0 radical (unpaired) electrons. The maximum absolute atomic E-state index is 11.4. The molecule has 0 saturated carbocycles. The third-order valence-electron chi connectivity index (χ3n) is 4.98. The number of carbonyl (C=O) groups is 1. The van der Waals surface area contributed by atoms with E-state index in [4.69, 9.17) is 9.47 Å². The molecule has 1 N–H and O–H groups in total. The summed E-state index contributed by atoms with van der Waals surface area (Å²) in [5.74, 6) is 1.11. The zero-order valence-electron chi connectivity index (χ0n) is 16.9. The van der Waals surface area contributed by atoms with Gasteiger partial charge in [0.2, 0.25) is 0 Å². The molecule has 1 aliphatic rings. The molecule has 1 aliphatic heterocycles. The van der Waals surface area contributed by atoms with Gasteiger partial charge in [-0.2, -0.15) is 0 Å². The van der Waals surface area contributed by atoms with Gasteiger partial charge in [-0.25, -0.2) is 4.79 Å². The highest BCUT2D eigenvalue weighted by atomic mass is 16.5. The van der Waals surface area contributed by atoms with Gasteiger partial charge in [-0.3, -0.25) is 4.90 Å². The number of aliphatic hydroxyl groups is 1. The smallest absolute Gasteiger partial charge is 0.337 e. The zero-order chi connectivity index (χ0) is 20.6. The molecule has 1 atom stereocenters. The number of hydrogen-bond acceptors (Lipinski definition) is 7. The van der Waals surface area contributed by atoms with Crippen molar-refractivity contribution in [3.05, 3.63) is 54.1 Å². The second-order valence-electron chi connectivity index (χ2n) is 6.94. The van der Waals surface area contributed by atoms with Gasteiger partial charge in [0.15, 0.2) is 0 Å². The van der Waals surface area contributed by atoms with Crippen molar-refractivity contribution in [1.82, 2.24) is 4.90 Å². The summed E-state index contributed by atoms with van der Waals surface area (Å²) in [6, 6.07) is 14.7.